The van der Waals surface area contributed by atoms with E-state index in [1.807, 2.05) is 18.2 Å². The third-order valence-electron chi connectivity index (χ3n) is 2.08. The Morgan fingerprint density at radius 2 is 1.87 bits per heavy atom. The molecular formula is C11H9NO2S. The summed E-state index contributed by atoms with van der Waals surface area (Å²) in [4.78, 5) is 4.06. The summed E-state index contributed by atoms with van der Waals surface area (Å²) in [6.45, 7) is 3.26. The first-order valence-electron chi connectivity index (χ1n) is 4.37. The highest BCUT2D eigenvalue weighted by Gasteiger charge is 2.10. The highest BCUT2D eigenvalue weighted by molar-refractivity contribution is 7.94. The summed E-state index contributed by atoms with van der Waals surface area (Å²) in [5.41, 5.74) is 0.667. The van der Waals surface area contributed by atoms with Crippen molar-refractivity contribution in [2.24, 2.45) is 0 Å². The SMILES string of the molecule is C=CS(=O)(=O)c1ccc2ccccc2n1. The van der Waals surface area contributed by atoms with Crippen LogP contribution >= 0.6 is 0 Å². The number of fused-ring (bicyclic) bond motifs is 1. The van der Waals surface area contributed by atoms with Crippen molar-refractivity contribution in [3.63, 3.8) is 0 Å². The molecule has 0 amide bonds. The van der Waals surface area contributed by atoms with Gasteiger partial charge in [0.1, 0.15) is 0 Å². The fraction of sp³-hybridized carbons (Fsp3) is 0. The van der Waals surface area contributed by atoms with Gasteiger partial charge >= 0.3 is 0 Å². The van der Waals surface area contributed by atoms with Crippen LogP contribution in [0.15, 0.2) is 53.4 Å². The van der Waals surface area contributed by atoms with Crippen LogP contribution in [-0.4, -0.2) is 13.4 Å². The Balaban J connectivity index is 2.72. The van der Waals surface area contributed by atoms with E-state index >= 15 is 0 Å². The lowest BCUT2D eigenvalue weighted by molar-refractivity contribution is 0.601. The van der Waals surface area contributed by atoms with Crippen molar-refractivity contribution >= 4 is 20.7 Å². The van der Waals surface area contributed by atoms with Gasteiger partial charge in [-0.1, -0.05) is 24.8 Å². The third kappa shape index (κ3) is 1.76. The summed E-state index contributed by atoms with van der Waals surface area (Å²) in [7, 11) is -3.44. The first-order chi connectivity index (χ1) is 7.13. The molecule has 1 aromatic heterocycles. The van der Waals surface area contributed by atoms with Crippen LogP contribution in [0, 0.1) is 0 Å². The van der Waals surface area contributed by atoms with Crippen molar-refractivity contribution in [3.05, 3.63) is 48.4 Å². The Morgan fingerprint density at radius 3 is 2.60 bits per heavy atom. The smallest absolute Gasteiger partial charge is 0.216 e. The second-order valence-electron chi connectivity index (χ2n) is 3.05. The zero-order chi connectivity index (χ0) is 10.9. The molecule has 0 aliphatic heterocycles. The molecule has 2 aromatic rings. The van der Waals surface area contributed by atoms with Crippen LogP contribution in [0.3, 0.4) is 0 Å². The standard InChI is InChI=1S/C11H9NO2S/c1-2-15(13,14)11-8-7-9-5-3-4-6-10(9)12-11/h2-8H,1H2. The summed E-state index contributed by atoms with van der Waals surface area (Å²) in [6.07, 6.45) is 0. The van der Waals surface area contributed by atoms with Crippen molar-refractivity contribution in [1.82, 2.24) is 4.98 Å². The van der Waals surface area contributed by atoms with E-state index in [4.69, 9.17) is 0 Å². The van der Waals surface area contributed by atoms with Crippen LogP contribution in [0.1, 0.15) is 0 Å². The summed E-state index contributed by atoms with van der Waals surface area (Å²) in [6, 6.07) is 10.6. The average molecular weight is 219 g/mol. The van der Waals surface area contributed by atoms with Crippen LogP contribution in [-0.2, 0) is 9.84 Å². The summed E-state index contributed by atoms with van der Waals surface area (Å²) < 4.78 is 22.9. The second kappa shape index (κ2) is 3.47. The number of para-hydroxylation sites is 1. The van der Waals surface area contributed by atoms with E-state index in [1.165, 1.54) is 6.07 Å². The van der Waals surface area contributed by atoms with E-state index in [0.717, 1.165) is 10.8 Å². The molecule has 1 aromatic carbocycles. The quantitative estimate of drug-likeness (QED) is 0.777. The Kier molecular flexibility index (Phi) is 2.28. The summed E-state index contributed by atoms with van der Waals surface area (Å²) in [5.74, 6) is 0. The fourth-order valence-electron chi connectivity index (χ4n) is 1.29. The van der Waals surface area contributed by atoms with E-state index in [2.05, 4.69) is 11.6 Å². The van der Waals surface area contributed by atoms with E-state index in [9.17, 15) is 8.42 Å². The van der Waals surface area contributed by atoms with Crippen LogP contribution in [0.5, 0.6) is 0 Å². The van der Waals surface area contributed by atoms with Gasteiger partial charge in [-0.2, -0.15) is 0 Å². The molecule has 0 saturated heterocycles. The molecule has 15 heavy (non-hydrogen) atoms. The minimum atomic E-state index is -3.44. The molecule has 0 bridgehead atoms. The molecule has 0 unspecified atom stereocenters. The van der Waals surface area contributed by atoms with Gasteiger partial charge in [0.15, 0.2) is 5.03 Å². The number of hydrogen-bond donors (Lipinski definition) is 0. The van der Waals surface area contributed by atoms with Crippen molar-refractivity contribution in [2.45, 2.75) is 5.03 Å². The van der Waals surface area contributed by atoms with Crippen LogP contribution in [0.4, 0.5) is 0 Å². The zero-order valence-corrected chi connectivity index (χ0v) is 8.74. The molecule has 0 aliphatic carbocycles. The molecule has 1 heterocycles. The van der Waals surface area contributed by atoms with Crippen LogP contribution in [0.25, 0.3) is 10.9 Å². The molecule has 0 radical (unpaired) electrons. The largest absolute Gasteiger partial charge is 0.236 e. The number of aromatic nitrogens is 1. The molecule has 0 spiro atoms. The van der Waals surface area contributed by atoms with E-state index < -0.39 is 9.84 Å². The zero-order valence-electron chi connectivity index (χ0n) is 7.92. The normalized spacial score (nSPS) is 11.5. The maximum atomic E-state index is 11.5. The van der Waals surface area contributed by atoms with Crippen molar-refractivity contribution < 1.29 is 8.42 Å². The number of nitrogens with zero attached hydrogens (tertiary/aromatic N) is 1. The Labute approximate surface area is 88.0 Å². The first-order valence-corrected chi connectivity index (χ1v) is 5.91. The summed E-state index contributed by atoms with van der Waals surface area (Å²) >= 11 is 0. The lowest BCUT2D eigenvalue weighted by atomic mass is 10.2. The number of pyridine rings is 1. The monoisotopic (exact) mass is 219 g/mol. The average Bonchev–Trinajstić information content (AvgIpc) is 2.28. The second-order valence-corrected chi connectivity index (χ2v) is 4.90. The molecule has 0 aliphatic rings. The van der Waals surface area contributed by atoms with Crippen LogP contribution in [0.2, 0.25) is 0 Å². The van der Waals surface area contributed by atoms with Gasteiger partial charge in [-0.15, -0.1) is 0 Å². The van der Waals surface area contributed by atoms with Gasteiger partial charge in [0.05, 0.1) is 5.52 Å². The molecule has 0 saturated carbocycles. The predicted octanol–water partition coefficient (Wildman–Crippen LogP) is 2.15. The molecule has 76 valence electrons. The Bertz CT molecular complexity index is 617. The molecule has 3 nitrogen and oxygen atoms in total. The molecular weight excluding hydrogens is 210 g/mol. The van der Waals surface area contributed by atoms with E-state index in [1.54, 1.807) is 12.1 Å². The molecule has 2 rings (SSSR count). The number of benzene rings is 1. The topological polar surface area (TPSA) is 47.0 Å². The van der Waals surface area contributed by atoms with Gasteiger partial charge in [-0.25, -0.2) is 13.4 Å². The Morgan fingerprint density at radius 1 is 1.13 bits per heavy atom. The van der Waals surface area contributed by atoms with E-state index in [-0.39, 0.29) is 5.03 Å². The Hall–Kier alpha value is -1.68. The number of hydrogen-bond acceptors (Lipinski definition) is 3. The molecule has 0 atom stereocenters. The van der Waals surface area contributed by atoms with Gasteiger partial charge in [-0.3, -0.25) is 0 Å². The molecule has 0 fully saturated rings. The van der Waals surface area contributed by atoms with Gasteiger partial charge in [0.25, 0.3) is 0 Å². The summed E-state index contributed by atoms with van der Waals surface area (Å²) in [5, 5.41) is 1.86. The van der Waals surface area contributed by atoms with Gasteiger partial charge < -0.3 is 0 Å². The molecule has 0 N–H and O–H groups in total. The van der Waals surface area contributed by atoms with Crippen LogP contribution < -0.4 is 0 Å². The van der Waals surface area contributed by atoms with Crippen molar-refractivity contribution in [2.75, 3.05) is 0 Å². The third-order valence-corrected chi connectivity index (χ3v) is 3.33. The van der Waals surface area contributed by atoms with E-state index in [0.29, 0.717) is 5.52 Å². The number of rotatable bonds is 2. The van der Waals surface area contributed by atoms with Crippen molar-refractivity contribution in [3.8, 4) is 0 Å². The van der Waals surface area contributed by atoms with Gasteiger partial charge in [0, 0.05) is 10.8 Å². The highest BCUT2D eigenvalue weighted by Crippen LogP contribution is 2.15. The molecule has 4 heteroatoms. The number of sulfone groups is 1. The highest BCUT2D eigenvalue weighted by atomic mass is 32.2. The predicted molar refractivity (Wildman–Crippen MR) is 59.1 cm³/mol. The minimum absolute atomic E-state index is 0.0381. The fourth-order valence-corrected chi connectivity index (χ4v) is 1.95. The maximum absolute atomic E-state index is 11.5. The maximum Gasteiger partial charge on any atom is 0.216 e. The first kappa shape index (κ1) is 9.86. The van der Waals surface area contributed by atoms with Gasteiger partial charge in [0.2, 0.25) is 9.84 Å². The lowest BCUT2D eigenvalue weighted by Crippen LogP contribution is -1.98. The van der Waals surface area contributed by atoms with Gasteiger partial charge in [-0.05, 0) is 18.2 Å². The lowest BCUT2D eigenvalue weighted by Gasteiger charge is -2.00. The van der Waals surface area contributed by atoms with Crippen molar-refractivity contribution in [1.29, 1.82) is 0 Å². The minimum Gasteiger partial charge on any atom is -0.236 e.